The van der Waals surface area contributed by atoms with Gasteiger partial charge in [0, 0.05) is 10.6 Å². The Morgan fingerprint density at radius 3 is 2.41 bits per heavy atom. The first-order chi connectivity index (χ1) is 8.36. The minimum absolute atomic E-state index is 0.739. The Balaban J connectivity index is 1.76. The Labute approximate surface area is 107 Å². The summed E-state index contributed by atoms with van der Waals surface area (Å²) in [5.74, 6) is 1.91. The molecule has 2 heteroatoms. The van der Waals surface area contributed by atoms with E-state index >= 15 is 0 Å². The molecule has 0 fully saturated rings. The highest BCUT2D eigenvalue weighted by Gasteiger charge is 1.98. The van der Waals surface area contributed by atoms with Crippen molar-refractivity contribution < 1.29 is 4.74 Å². The molecule has 0 saturated carbocycles. The molecule has 0 radical (unpaired) electrons. The van der Waals surface area contributed by atoms with Crippen LogP contribution in [-0.2, 0) is 0 Å². The van der Waals surface area contributed by atoms with Gasteiger partial charge in [-0.3, -0.25) is 0 Å². The van der Waals surface area contributed by atoms with Crippen LogP contribution in [0.25, 0.3) is 0 Å². The van der Waals surface area contributed by atoms with Gasteiger partial charge in [-0.1, -0.05) is 36.4 Å². The van der Waals surface area contributed by atoms with Gasteiger partial charge in [0.1, 0.15) is 5.75 Å². The maximum Gasteiger partial charge on any atom is 0.119 e. The third-order valence-corrected chi connectivity index (χ3v) is 3.59. The van der Waals surface area contributed by atoms with Crippen LogP contribution in [0.1, 0.15) is 5.56 Å². The minimum atomic E-state index is 0.739. The van der Waals surface area contributed by atoms with E-state index in [4.69, 9.17) is 4.74 Å². The van der Waals surface area contributed by atoms with Gasteiger partial charge in [-0.25, -0.2) is 0 Å². The Morgan fingerprint density at radius 1 is 0.941 bits per heavy atom. The Kier molecular flexibility index (Phi) is 4.51. The molecule has 2 rings (SSSR count). The number of hydrogen-bond donors (Lipinski definition) is 0. The van der Waals surface area contributed by atoms with Gasteiger partial charge in [0.25, 0.3) is 0 Å². The lowest BCUT2D eigenvalue weighted by molar-refractivity contribution is 0.344. The molecule has 0 saturated heterocycles. The number of benzene rings is 2. The van der Waals surface area contributed by atoms with E-state index in [1.54, 1.807) is 0 Å². The van der Waals surface area contributed by atoms with Crippen molar-refractivity contribution >= 4 is 11.8 Å². The van der Waals surface area contributed by atoms with Crippen LogP contribution in [0.5, 0.6) is 5.75 Å². The molecule has 0 atom stereocenters. The van der Waals surface area contributed by atoms with Gasteiger partial charge in [0.05, 0.1) is 6.61 Å². The van der Waals surface area contributed by atoms with Crippen LogP contribution in [-0.4, -0.2) is 12.4 Å². The zero-order valence-corrected chi connectivity index (χ0v) is 10.7. The van der Waals surface area contributed by atoms with Gasteiger partial charge in [-0.05, 0) is 30.7 Å². The standard InChI is InChI=1S/C15H16OS/c1-13-7-5-6-10-15(13)17-12-11-16-14-8-3-2-4-9-14/h2-10H,11-12H2,1H3. The molecule has 0 unspecified atom stereocenters. The van der Waals surface area contributed by atoms with Crippen molar-refractivity contribution in [2.75, 3.05) is 12.4 Å². The SMILES string of the molecule is Cc1ccccc1SCCOc1ccccc1. The van der Waals surface area contributed by atoms with Crippen LogP contribution in [0.15, 0.2) is 59.5 Å². The minimum Gasteiger partial charge on any atom is -0.493 e. The van der Waals surface area contributed by atoms with Crippen molar-refractivity contribution in [3.63, 3.8) is 0 Å². The number of hydrogen-bond acceptors (Lipinski definition) is 2. The van der Waals surface area contributed by atoms with Crippen molar-refractivity contribution in [3.8, 4) is 5.75 Å². The van der Waals surface area contributed by atoms with E-state index in [0.29, 0.717) is 0 Å². The fourth-order valence-electron chi connectivity index (χ4n) is 1.55. The van der Waals surface area contributed by atoms with E-state index in [0.717, 1.165) is 18.1 Å². The lowest BCUT2D eigenvalue weighted by Gasteiger charge is -2.07. The van der Waals surface area contributed by atoms with Crippen LogP contribution in [0.4, 0.5) is 0 Å². The van der Waals surface area contributed by atoms with Crippen molar-refractivity contribution in [3.05, 3.63) is 60.2 Å². The molecule has 0 aromatic heterocycles. The lowest BCUT2D eigenvalue weighted by atomic mass is 10.2. The summed E-state index contributed by atoms with van der Waals surface area (Å²) in [6.45, 7) is 2.88. The summed E-state index contributed by atoms with van der Waals surface area (Å²) in [5, 5.41) is 0. The Bertz CT molecular complexity index is 453. The van der Waals surface area contributed by atoms with E-state index in [1.807, 2.05) is 42.1 Å². The number of para-hydroxylation sites is 1. The van der Waals surface area contributed by atoms with Crippen LogP contribution < -0.4 is 4.74 Å². The maximum absolute atomic E-state index is 5.65. The Morgan fingerprint density at radius 2 is 1.65 bits per heavy atom. The third kappa shape index (κ3) is 3.82. The van der Waals surface area contributed by atoms with Crippen molar-refractivity contribution in [1.82, 2.24) is 0 Å². The average Bonchev–Trinajstić information content (AvgIpc) is 2.38. The van der Waals surface area contributed by atoms with Gasteiger partial charge in [-0.15, -0.1) is 11.8 Å². The van der Waals surface area contributed by atoms with Gasteiger partial charge < -0.3 is 4.74 Å². The van der Waals surface area contributed by atoms with Crippen molar-refractivity contribution in [2.24, 2.45) is 0 Å². The maximum atomic E-state index is 5.65. The van der Waals surface area contributed by atoms with E-state index in [1.165, 1.54) is 10.5 Å². The number of rotatable bonds is 5. The average molecular weight is 244 g/mol. The van der Waals surface area contributed by atoms with E-state index < -0.39 is 0 Å². The topological polar surface area (TPSA) is 9.23 Å². The molecule has 2 aromatic rings. The zero-order chi connectivity index (χ0) is 11.9. The molecule has 1 nitrogen and oxygen atoms in total. The van der Waals surface area contributed by atoms with Crippen LogP contribution >= 0.6 is 11.8 Å². The normalized spacial score (nSPS) is 10.2. The summed E-state index contributed by atoms with van der Waals surface area (Å²) >= 11 is 1.84. The first-order valence-electron chi connectivity index (χ1n) is 5.72. The summed E-state index contributed by atoms with van der Waals surface area (Å²) < 4.78 is 5.65. The fraction of sp³-hybridized carbons (Fsp3) is 0.200. The van der Waals surface area contributed by atoms with Crippen molar-refractivity contribution in [1.29, 1.82) is 0 Å². The molecule has 0 spiro atoms. The molecule has 0 aliphatic heterocycles. The van der Waals surface area contributed by atoms with E-state index in [-0.39, 0.29) is 0 Å². The summed E-state index contributed by atoms with van der Waals surface area (Å²) in [6, 6.07) is 18.4. The third-order valence-electron chi connectivity index (χ3n) is 2.45. The molecule has 17 heavy (non-hydrogen) atoms. The van der Waals surface area contributed by atoms with Gasteiger partial charge in [-0.2, -0.15) is 0 Å². The second kappa shape index (κ2) is 6.36. The van der Waals surface area contributed by atoms with Crippen LogP contribution in [0.2, 0.25) is 0 Å². The van der Waals surface area contributed by atoms with Crippen molar-refractivity contribution in [2.45, 2.75) is 11.8 Å². The van der Waals surface area contributed by atoms with E-state index in [2.05, 4.69) is 31.2 Å². The summed E-state index contributed by atoms with van der Waals surface area (Å²) in [6.07, 6.45) is 0. The number of aryl methyl sites for hydroxylation is 1. The predicted octanol–water partition coefficient (Wildman–Crippen LogP) is 4.17. The lowest BCUT2D eigenvalue weighted by Crippen LogP contribution is -1.99. The fourth-order valence-corrected chi connectivity index (χ4v) is 2.40. The molecule has 2 aromatic carbocycles. The van der Waals surface area contributed by atoms with Gasteiger partial charge in [0.2, 0.25) is 0 Å². The van der Waals surface area contributed by atoms with Crippen LogP contribution in [0.3, 0.4) is 0 Å². The molecule has 88 valence electrons. The number of thioether (sulfide) groups is 1. The summed E-state index contributed by atoms with van der Waals surface area (Å²) in [4.78, 5) is 1.34. The van der Waals surface area contributed by atoms with Gasteiger partial charge >= 0.3 is 0 Å². The first kappa shape index (κ1) is 12.1. The molecule has 0 amide bonds. The molecule has 0 aliphatic rings. The molecule has 0 heterocycles. The monoisotopic (exact) mass is 244 g/mol. The largest absolute Gasteiger partial charge is 0.493 e. The smallest absolute Gasteiger partial charge is 0.119 e. The quantitative estimate of drug-likeness (QED) is 0.577. The molecule has 0 aliphatic carbocycles. The molecule has 0 bridgehead atoms. The highest BCUT2D eigenvalue weighted by Crippen LogP contribution is 2.21. The molecular formula is C15H16OS. The molecule has 0 N–H and O–H groups in total. The second-order valence-corrected chi connectivity index (χ2v) is 4.91. The highest BCUT2D eigenvalue weighted by atomic mass is 32.2. The van der Waals surface area contributed by atoms with Gasteiger partial charge in [0.15, 0.2) is 0 Å². The van der Waals surface area contributed by atoms with E-state index in [9.17, 15) is 0 Å². The predicted molar refractivity (Wildman–Crippen MR) is 73.8 cm³/mol. The second-order valence-electron chi connectivity index (χ2n) is 3.78. The van der Waals surface area contributed by atoms with Crippen LogP contribution in [0, 0.1) is 6.92 Å². The zero-order valence-electron chi connectivity index (χ0n) is 9.93. The first-order valence-corrected chi connectivity index (χ1v) is 6.71. The molecular weight excluding hydrogens is 228 g/mol. The summed E-state index contributed by atoms with van der Waals surface area (Å²) in [7, 11) is 0. The number of ether oxygens (including phenoxy) is 1. The Hall–Kier alpha value is -1.41. The highest BCUT2D eigenvalue weighted by molar-refractivity contribution is 7.99. The summed E-state index contributed by atoms with van der Waals surface area (Å²) in [5.41, 5.74) is 1.33.